The molecule has 1 heteroatoms. The summed E-state index contributed by atoms with van der Waals surface area (Å²) in [5, 5.41) is 9.70. The lowest BCUT2D eigenvalue weighted by Gasteiger charge is -2.20. The zero-order chi connectivity index (χ0) is 32.3. The van der Waals surface area contributed by atoms with Crippen molar-refractivity contribution in [2.75, 3.05) is 0 Å². The van der Waals surface area contributed by atoms with Crippen LogP contribution in [0.15, 0.2) is 186 Å². The number of para-hydroxylation sites is 1. The van der Waals surface area contributed by atoms with Crippen LogP contribution in [0.1, 0.15) is 0 Å². The summed E-state index contributed by atoms with van der Waals surface area (Å²) < 4.78 is 6.38. The Morgan fingerprint density at radius 2 is 0.796 bits per heavy atom. The standard InChI is InChI=1S/C48H30O/c1-3-14-31(15-4-1)34-28-43-35(32-16-5-2-6-17-32)23-13-24-36(43)44(29-34)48-41-21-9-7-19-39(41)47(40-20-8-10-22-42(40)48)33-26-27-38-37-18-11-12-25-45(37)49-46(38)30-33/h1-30H. The summed E-state index contributed by atoms with van der Waals surface area (Å²) in [5.74, 6) is 0. The Kier molecular flexibility index (Phi) is 6.25. The Bertz CT molecular complexity index is 2800. The molecule has 0 fully saturated rings. The molecule has 0 amide bonds. The van der Waals surface area contributed by atoms with Crippen LogP contribution in [0.25, 0.3) is 98.8 Å². The summed E-state index contributed by atoms with van der Waals surface area (Å²) in [6.07, 6.45) is 0. The van der Waals surface area contributed by atoms with E-state index in [0.29, 0.717) is 0 Å². The van der Waals surface area contributed by atoms with Gasteiger partial charge >= 0.3 is 0 Å². The molecule has 0 unspecified atom stereocenters. The van der Waals surface area contributed by atoms with Crippen molar-refractivity contribution in [1.82, 2.24) is 0 Å². The number of benzene rings is 9. The molecule has 0 atom stereocenters. The number of rotatable bonds is 4. The Morgan fingerprint density at radius 3 is 1.49 bits per heavy atom. The minimum absolute atomic E-state index is 0.908. The SMILES string of the molecule is c1ccc(-c2cc(-c3c4ccccc4c(-c4ccc5c(c4)oc4ccccc45)c4ccccc34)c3cccc(-c4ccccc4)c3c2)cc1. The van der Waals surface area contributed by atoms with E-state index in [1.165, 1.54) is 71.3 Å². The third-order valence-corrected chi connectivity index (χ3v) is 10.1. The maximum Gasteiger partial charge on any atom is 0.136 e. The number of fused-ring (bicyclic) bond motifs is 6. The van der Waals surface area contributed by atoms with Crippen LogP contribution in [0.2, 0.25) is 0 Å². The molecule has 1 aromatic heterocycles. The van der Waals surface area contributed by atoms with Crippen molar-refractivity contribution in [1.29, 1.82) is 0 Å². The van der Waals surface area contributed by atoms with Gasteiger partial charge in [0.05, 0.1) is 0 Å². The van der Waals surface area contributed by atoms with Gasteiger partial charge in [-0.05, 0) is 107 Å². The van der Waals surface area contributed by atoms with E-state index in [2.05, 4.69) is 170 Å². The molecule has 0 spiro atoms. The molecule has 10 aromatic rings. The van der Waals surface area contributed by atoms with Gasteiger partial charge in [-0.25, -0.2) is 0 Å². The first-order valence-electron chi connectivity index (χ1n) is 16.8. The highest BCUT2D eigenvalue weighted by atomic mass is 16.3. The van der Waals surface area contributed by atoms with E-state index >= 15 is 0 Å². The van der Waals surface area contributed by atoms with Crippen molar-refractivity contribution in [3.8, 4) is 44.5 Å². The van der Waals surface area contributed by atoms with E-state index in [1.54, 1.807) is 0 Å². The first-order valence-corrected chi connectivity index (χ1v) is 16.8. The Balaban J connectivity index is 1.32. The van der Waals surface area contributed by atoms with Gasteiger partial charge in [0, 0.05) is 10.8 Å². The first kappa shape index (κ1) is 27.7. The van der Waals surface area contributed by atoms with E-state index in [4.69, 9.17) is 4.42 Å². The van der Waals surface area contributed by atoms with Crippen molar-refractivity contribution < 1.29 is 4.42 Å². The summed E-state index contributed by atoms with van der Waals surface area (Å²) in [6, 6.07) is 65.8. The minimum atomic E-state index is 0.908. The Morgan fingerprint density at radius 1 is 0.245 bits per heavy atom. The Hall–Kier alpha value is -6.44. The lowest BCUT2D eigenvalue weighted by molar-refractivity contribution is 0.669. The fraction of sp³-hybridized carbons (Fsp3) is 0. The Labute approximate surface area is 284 Å². The second-order valence-corrected chi connectivity index (χ2v) is 12.8. The third kappa shape index (κ3) is 4.40. The maximum absolute atomic E-state index is 6.38. The van der Waals surface area contributed by atoms with Crippen molar-refractivity contribution in [2.45, 2.75) is 0 Å². The van der Waals surface area contributed by atoms with Gasteiger partial charge < -0.3 is 4.42 Å². The average Bonchev–Trinajstić information content (AvgIpc) is 3.55. The van der Waals surface area contributed by atoms with Crippen LogP contribution in [0.3, 0.4) is 0 Å². The second-order valence-electron chi connectivity index (χ2n) is 12.8. The number of furan rings is 1. The molecule has 9 aromatic carbocycles. The van der Waals surface area contributed by atoms with Crippen LogP contribution in [-0.4, -0.2) is 0 Å². The molecule has 0 saturated carbocycles. The van der Waals surface area contributed by atoms with E-state index < -0.39 is 0 Å². The molecule has 0 saturated heterocycles. The summed E-state index contributed by atoms with van der Waals surface area (Å²) in [4.78, 5) is 0. The molecule has 1 nitrogen and oxygen atoms in total. The predicted molar refractivity (Wildman–Crippen MR) is 208 cm³/mol. The van der Waals surface area contributed by atoms with E-state index in [0.717, 1.165) is 27.5 Å². The highest BCUT2D eigenvalue weighted by molar-refractivity contribution is 6.25. The molecule has 0 aliphatic heterocycles. The van der Waals surface area contributed by atoms with Gasteiger partial charge in [-0.2, -0.15) is 0 Å². The van der Waals surface area contributed by atoms with Gasteiger partial charge in [0.15, 0.2) is 0 Å². The van der Waals surface area contributed by atoms with Gasteiger partial charge in [-0.15, -0.1) is 0 Å². The normalized spacial score (nSPS) is 11.7. The van der Waals surface area contributed by atoms with Crippen LogP contribution in [-0.2, 0) is 0 Å². The predicted octanol–water partition coefficient (Wildman–Crippen LogP) is 13.7. The van der Waals surface area contributed by atoms with Crippen LogP contribution >= 0.6 is 0 Å². The minimum Gasteiger partial charge on any atom is -0.456 e. The van der Waals surface area contributed by atoms with Crippen molar-refractivity contribution >= 4 is 54.3 Å². The van der Waals surface area contributed by atoms with Crippen LogP contribution in [0, 0.1) is 0 Å². The fourth-order valence-electron chi connectivity index (χ4n) is 7.87. The van der Waals surface area contributed by atoms with Crippen LogP contribution in [0.4, 0.5) is 0 Å². The molecule has 0 aliphatic carbocycles. The van der Waals surface area contributed by atoms with Crippen molar-refractivity contribution in [3.63, 3.8) is 0 Å². The lowest BCUT2D eigenvalue weighted by Crippen LogP contribution is -1.93. The molecule has 49 heavy (non-hydrogen) atoms. The maximum atomic E-state index is 6.38. The topological polar surface area (TPSA) is 13.1 Å². The van der Waals surface area contributed by atoms with Crippen molar-refractivity contribution in [2.24, 2.45) is 0 Å². The lowest BCUT2D eigenvalue weighted by atomic mass is 9.83. The summed E-state index contributed by atoms with van der Waals surface area (Å²) in [6.45, 7) is 0. The molecule has 10 rings (SSSR count). The summed E-state index contributed by atoms with van der Waals surface area (Å²) >= 11 is 0. The van der Waals surface area contributed by atoms with E-state index in [9.17, 15) is 0 Å². The number of hydrogen-bond donors (Lipinski definition) is 0. The highest BCUT2D eigenvalue weighted by Crippen LogP contribution is 2.48. The molecule has 0 aliphatic rings. The van der Waals surface area contributed by atoms with Gasteiger partial charge in [-0.3, -0.25) is 0 Å². The number of hydrogen-bond acceptors (Lipinski definition) is 1. The highest BCUT2D eigenvalue weighted by Gasteiger charge is 2.20. The van der Waals surface area contributed by atoms with Crippen LogP contribution in [0.5, 0.6) is 0 Å². The van der Waals surface area contributed by atoms with E-state index in [1.807, 2.05) is 12.1 Å². The van der Waals surface area contributed by atoms with Gasteiger partial charge in [0.25, 0.3) is 0 Å². The zero-order valence-electron chi connectivity index (χ0n) is 26.7. The third-order valence-electron chi connectivity index (χ3n) is 10.1. The molecule has 0 N–H and O–H groups in total. The first-order chi connectivity index (χ1) is 24.3. The largest absolute Gasteiger partial charge is 0.456 e. The fourth-order valence-corrected chi connectivity index (χ4v) is 7.87. The molecule has 228 valence electrons. The smallest absolute Gasteiger partial charge is 0.136 e. The summed E-state index contributed by atoms with van der Waals surface area (Å²) in [5.41, 5.74) is 11.6. The monoisotopic (exact) mass is 622 g/mol. The second kappa shape index (κ2) is 11.1. The molecular formula is C48H30O. The van der Waals surface area contributed by atoms with Gasteiger partial charge in [0.1, 0.15) is 11.2 Å². The molecule has 0 bridgehead atoms. The summed E-state index contributed by atoms with van der Waals surface area (Å²) in [7, 11) is 0. The van der Waals surface area contributed by atoms with Crippen molar-refractivity contribution in [3.05, 3.63) is 182 Å². The average molecular weight is 623 g/mol. The van der Waals surface area contributed by atoms with E-state index in [-0.39, 0.29) is 0 Å². The van der Waals surface area contributed by atoms with Gasteiger partial charge in [0.2, 0.25) is 0 Å². The molecule has 1 heterocycles. The zero-order valence-corrected chi connectivity index (χ0v) is 26.7. The molecule has 0 radical (unpaired) electrons. The molecular weight excluding hydrogens is 593 g/mol. The van der Waals surface area contributed by atoms with Gasteiger partial charge in [-0.1, -0.05) is 152 Å². The quantitative estimate of drug-likeness (QED) is 0.178. The van der Waals surface area contributed by atoms with Crippen LogP contribution < -0.4 is 0 Å².